The fourth-order valence-electron chi connectivity index (χ4n) is 1.46. The standard InChI is InChI=1S/C10H20N2O4/c1-10(2,3)16-9(13)12-4-5-14-6-8(12)7-15-11/h8H,4-7,11H2,1-3H3/t8-/m1/s1. The van der Waals surface area contributed by atoms with Gasteiger partial charge in [-0.1, -0.05) is 0 Å². The van der Waals surface area contributed by atoms with Crippen LogP contribution in [0, 0.1) is 0 Å². The molecule has 1 aliphatic heterocycles. The summed E-state index contributed by atoms with van der Waals surface area (Å²) in [5.74, 6) is 5.01. The fourth-order valence-corrected chi connectivity index (χ4v) is 1.46. The summed E-state index contributed by atoms with van der Waals surface area (Å²) in [6, 6.07) is -0.173. The molecule has 94 valence electrons. The van der Waals surface area contributed by atoms with Crippen molar-refractivity contribution in [2.75, 3.05) is 26.4 Å². The van der Waals surface area contributed by atoms with Crippen LogP contribution in [-0.2, 0) is 14.3 Å². The summed E-state index contributed by atoms with van der Waals surface area (Å²) in [6.07, 6.45) is -0.349. The predicted molar refractivity (Wildman–Crippen MR) is 57.7 cm³/mol. The molecule has 0 saturated carbocycles. The lowest BCUT2D eigenvalue weighted by Gasteiger charge is -2.35. The Labute approximate surface area is 95.6 Å². The van der Waals surface area contributed by atoms with E-state index >= 15 is 0 Å². The van der Waals surface area contributed by atoms with Crippen molar-refractivity contribution in [2.24, 2.45) is 5.90 Å². The van der Waals surface area contributed by atoms with Crippen LogP contribution in [0.1, 0.15) is 20.8 Å². The maximum atomic E-state index is 11.9. The number of nitrogens with two attached hydrogens (primary N) is 1. The van der Waals surface area contributed by atoms with Gasteiger partial charge in [0.25, 0.3) is 0 Å². The predicted octanol–water partition coefficient (Wildman–Crippen LogP) is 0.513. The number of hydrogen-bond donors (Lipinski definition) is 1. The molecule has 0 bridgehead atoms. The molecule has 1 saturated heterocycles. The molecule has 1 heterocycles. The van der Waals surface area contributed by atoms with Gasteiger partial charge in [0.1, 0.15) is 5.60 Å². The van der Waals surface area contributed by atoms with E-state index in [-0.39, 0.29) is 18.7 Å². The second-order valence-corrected chi connectivity index (χ2v) is 4.74. The number of ether oxygens (including phenoxy) is 2. The first-order valence-corrected chi connectivity index (χ1v) is 5.33. The van der Waals surface area contributed by atoms with E-state index in [1.54, 1.807) is 4.90 Å². The van der Waals surface area contributed by atoms with Crippen LogP contribution in [0.5, 0.6) is 0 Å². The Morgan fingerprint density at radius 3 is 2.81 bits per heavy atom. The molecule has 1 atom stereocenters. The average molecular weight is 232 g/mol. The molecule has 1 fully saturated rings. The highest BCUT2D eigenvalue weighted by molar-refractivity contribution is 5.68. The minimum atomic E-state index is -0.497. The van der Waals surface area contributed by atoms with E-state index in [1.165, 1.54) is 0 Å². The van der Waals surface area contributed by atoms with Crippen LogP contribution in [0.4, 0.5) is 4.79 Å². The summed E-state index contributed by atoms with van der Waals surface area (Å²) < 4.78 is 10.5. The number of morpholine rings is 1. The monoisotopic (exact) mass is 232 g/mol. The molecule has 0 aromatic heterocycles. The summed E-state index contributed by atoms with van der Waals surface area (Å²) in [4.78, 5) is 18.0. The van der Waals surface area contributed by atoms with E-state index in [0.717, 1.165) is 0 Å². The highest BCUT2D eigenvalue weighted by Gasteiger charge is 2.30. The van der Waals surface area contributed by atoms with E-state index in [1.807, 2.05) is 20.8 Å². The number of carbonyl (C=O) groups is 1. The van der Waals surface area contributed by atoms with E-state index in [2.05, 4.69) is 4.84 Å². The first-order chi connectivity index (χ1) is 7.44. The van der Waals surface area contributed by atoms with Gasteiger partial charge in [0, 0.05) is 6.54 Å². The maximum Gasteiger partial charge on any atom is 0.410 e. The van der Waals surface area contributed by atoms with Crippen molar-refractivity contribution in [3.05, 3.63) is 0 Å². The summed E-state index contributed by atoms with van der Waals surface area (Å²) in [7, 11) is 0. The van der Waals surface area contributed by atoms with Gasteiger partial charge in [0.05, 0.1) is 25.9 Å². The molecular weight excluding hydrogens is 212 g/mol. The topological polar surface area (TPSA) is 74.0 Å². The summed E-state index contributed by atoms with van der Waals surface area (Å²) in [5.41, 5.74) is -0.497. The van der Waals surface area contributed by atoms with Gasteiger partial charge in [-0.15, -0.1) is 0 Å². The number of amides is 1. The lowest BCUT2D eigenvalue weighted by Crippen LogP contribution is -2.52. The van der Waals surface area contributed by atoms with Crippen LogP contribution in [-0.4, -0.2) is 49.0 Å². The maximum absolute atomic E-state index is 11.9. The highest BCUT2D eigenvalue weighted by atomic mass is 16.6. The van der Waals surface area contributed by atoms with Gasteiger partial charge in [-0.3, -0.25) is 4.90 Å². The first kappa shape index (κ1) is 13.2. The minimum absolute atomic E-state index is 0.173. The Bertz CT molecular complexity index is 237. The zero-order valence-electron chi connectivity index (χ0n) is 10.1. The molecule has 1 amide bonds. The average Bonchev–Trinajstić information content (AvgIpc) is 2.16. The highest BCUT2D eigenvalue weighted by Crippen LogP contribution is 2.14. The smallest absolute Gasteiger partial charge is 0.410 e. The third-order valence-corrected chi connectivity index (χ3v) is 2.14. The molecule has 0 spiro atoms. The molecule has 6 nitrogen and oxygen atoms in total. The second-order valence-electron chi connectivity index (χ2n) is 4.74. The molecule has 6 heteroatoms. The minimum Gasteiger partial charge on any atom is -0.444 e. The molecule has 1 aliphatic rings. The quantitative estimate of drug-likeness (QED) is 0.702. The molecule has 1 rings (SSSR count). The molecular formula is C10H20N2O4. The second kappa shape index (κ2) is 5.47. The van der Waals surface area contributed by atoms with Gasteiger partial charge in [-0.25, -0.2) is 10.7 Å². The van der Waals surface area contributed by atoms with E-state index in [9.17, 15) is 4.79 Å². The molecule has 2 N–H and O–H groups in total. The lowest BCUT2D eigenvalue weighted by molar-refractivity contribution is -0.0547. The number of carbonyl (C=O) groups excluding carboxylic acids is 1. The largest absolute Gasteiger partial charge is 0.444 e. The number of nitrogens with zero attached hydrogens (tertiary/aromatic N) is 1. The van der Waals surface area contributed by atoms with E-state index in [0.29, 0.717) is 19.8 Å². The lowest BCUT2D eigenvalue weighted by atomic mass is 10.2. The Morgan fingerprint density at radius 2 is 2.25 bits per heavy atom. The molecule has 16 heavy (non-hydrogen) atoms. The molecule has 0 aliphatic carbocycles. The van der Waals surface area contributed by atoms with Crippen LogP contribution >= 0.6 is 0 Å². The molecule has 0 aromatic rings. The normalized spacial score (nSPS) is 22.0. The van der Waals surface area contributed by atoms with Gasteiger partial charge >= 0.3 is 6.09 Å². The van der Waals surface area contributed by atoms with E-state index in [4.69, 9.17) is 15.4 Å². The summed E-state index contributed by atoms with van der Waals surface area (Å²) in [5, 5.41) is 0. The zero-order chi connectivity index (χ0) is 12.2. The van der Waals surface area contributed by atoms with Gasteiger partial charge in [-0.2, -0.15) is 0 Å². The van der Waals surface area contributed by atoms with Crippen molar-refractivity contribution in [2.45, 2.75) is 32.4 Å². The Balaban J connectivity index is 2.57. The third kappa shape index (κ3) is 3.96. The zero-order valence-corrected chi connectivity index (χ0v) is 10.1. The van der Waals surface area contributed by atoms with Crippen molar-refractivity contribution in [1.82, 2.24) is 4.90 Å². The van der Waals surface area contributed by atoms with Crippen molar-refractivity contribution in [3.63, 3.8) is 0 Å². The molecule has 0 radical (unpaired) electrons. The van der Waals surface area contributed by atoms with Crippen LogP contribution < -0.4 is 5.90 Å². The SMILES string of the molecule is CC(C)(C)OC(=O)N1CCOC[C@@H]1CON. The van der Waals surface area contributed by atoms with Gasteiger partial charge in [-0.05, 0) is 20.8 Å². The molecule has 0 unspecified atom stereocenters. The van der Waals surface area contributed by atoms with Gasteiger partial charge in [0.2, 0.25) is 0 Å². The van der Waals surface area contributed by atoms with Crippen LogP contribution in [0.25, 0.3) is 0 Å². The van der Waals surface area contributed by atoms with E-state index < -0.39 is 5.60 Å². The van der Waals surface area contributed by atoms with Crippen LogP contribution in [0.3, 0.4) is 0 Å². The van der Waals surface area contributed by atoms with Gasteiger partial charge < -0.3 is 14.3 Å². The fraction of sp³-hybridized carbons (Fsp3) is 0.900. The first-order valence-electron chi connectivity index (χ1n) is 5.33. The van der Waals surface area contributed by atoms with Crippen LogP contribution in [0.2, 0.25) is 0 Å². The van der Waals surface area contributed by atoms with Gasteiger partial charge in [0.15, 0.2) is 0 Å². The molecule has 0 aromatic carbocycles. The number of hydrogen-bond acceptors (Lipinski definition) is 5. The number of rotatable bonds is 2. The Morgan fingerprint density at radius 1 is 1.56 bits per heavy atom. The Hall–Kier alpha value is -0.850. The van der Waals surface area contributed by atoms with Crippen molar-refractivity contribution >= 4 is 6.09 Å². The van der Waals surface area contributed by atoms with Crippen LogP contribution in [0.15, 0.2) is 0 Å². The summed E-state index contributed by atoms with van der Waals surface area (Å²) >= 11 is 0. The van der Waals surface area contributed by atoms with Crippen molar-refractivity contribution < 1.29 is 19.1 Å². The summed E-state index contributed by atoms with van der Waals surface area (Å²) in [6.45, 7) is 7.19. The van der Waals surface area contributed by atoms with Crippen molar-refractivity contribution in [3.8, 4) is 0 Å². The third-order valence-electron chi connectivity index (χ3n) is 2.14. The Kier molecular flexibility index (Phi) is 4.52. The van der Waals surface area contributed by atoms with Crippen molar-refractivity contribution in [1.29, 1.82) is 0 Å².